The quantitative estimate of drug-likeness (QED) is 0.870. The van der Waals surface area contributed by atoms with Crippen LogP contribution in [0, 0.1) is 12.8 Å². The molecule has 0 bridgehead atoms. The Hall–Kier alpha value is -3.15. The first-order valence-electron chi connectivity index (χ1n) is 8.95. The molecule has 6 heteroatoms. The van der Waals surface area contributed by atoms with E-state index in [1.807, 2.05) is 25.1 Å². The van der Waals surface area contributed by atoms with Crippen molar-refractivity contribution in [2.75, 3.05) is 18.4 Å². The summed E-state index contributed by atoms with van der Waals surface area (Å²) in [4.78, 5) is 38.2. The molecule has 1 aliphatic heterocycles. The Kier molecular flexibility index (Phi) is 5.54. The first-order chi connectivity index (χ1) is 13.0. The molecule has 0 aromatic heterocycles. The lowest BCUT2D eigenvalue weighted by Gasteiger charge is -2.32. The summed E-state index contributed by atoms with van der Waals surface area (Å²) in [5, 5.41) is 12.0. The molecule has 2 amide bonds. The minimum Gasteiger partial charge on any atom is -0.478 e. The molecule has 1 atom stereocenters. The smallest absolute Gasteiger partial charge is 0.335 e. The molecule has 1 unspecified atom stereocenters. The van der Waals surface area contributed by atoms with Gasteiger partial charge in [-0.05, 0) is 49.6 Å². The molecule has 1 heterocycles. The van der Waals surface area contributed by atoms with Crippen LogP contribution >= 0.6 is 0 Å². The Balaban J connectivity index is 1.69. The maximum absolute atomic E-state index is 12.7. The van der Waals surface area contributed by atoms with Gasteiger partial charge in [0.15, 0.2) is 0 Å². The van der Waals surface area contributed by atoms with Gasteiger partial charge in [-0.15, -0.1) is 0 Å². The summed E-state index contributed by atoms with van der Waals surface area (Å²) in [5.74, 6) is -1.62. The van der Waals surface area contributed by atoms with Crippen LogP contribution in [0.3, 0.4) is 0 Å². The third-order valence-corrected chi connectivity index (χ3v) is 4.84. The van der Waals surface area contributed by atoms with E-state index in [0.717, 1.165) is 12.0 Å². The van der Waals surface area contributed by atoms with Gasteiger partial charge >= 0.3 is 5.97 Å². The second-order valence-corrected chi connectivity index (χ2v) is 6.78. The molecule has 6 nitrogen and oxygen atoms in total. The van der Waals surface area contributed by atoms with Gasteiger partial charge in [0.2, 0.25) is 5.91 Å². The second-order valence-electron chi connectivity index (χ2n) is 6.78. The lowest BCUT2D eigenvalue weighted by Crippen LogP contribution is -2.43. The molecule has 0 spiro atoms. The molecule has 0 saturated carbocycles. The highest BCUT2D eigenvalue weighted by atomic mass is 16.4. The lowest BCUT2D eigenvalue weighted by molar-refractivity contribution is -0.121. The number of aromatic carboxylic acids is 1. The van der Waals surface area contributed by atoms with Crippen molar-refractivity contribution in [1.29, 1.82) is 0 Å². The fourth-order valence-corrected chi connectivity index (χ4v) is 3.26. The number of anilines is 1. The van der Waals surface area contributed by atoms with Crippen LogP contribution in [0.25, 0.3) is 0 Å². The number of rotatable bonds is 4. The summed E-state index contributed by atoms with van der Waals surface area (Å²) >= 11 is 0. The molecular weight excluding hydrogens is 344 g/mol. The molecule has 1 aliphatic rings. The van der Waals surface area contributed by atoms with Crippen molar-refractivity contribution < 1.29 is 19.5 Å². The zero-order valence-corrected chi connectivity index (χ0v) is 15.1. The number of likely N-dealkylation sites (tertiary alicyclic amines) is 1. The third kappa shape index (κ3) is 4.34. The van der Waals surface area contributed by atoms with Crippen LogP contribution < -0.4 is 5.32 Å². The van der Waals surface area contributed by atoms with E-state index < -0.39 is 5.97 Å². The summed E-state index contributed by atoms with van der Waals surface area (Å²) in [6.45, 7) is 2.80. The van der Waals surface area contributed by atoms with E-state index in [0.29, 0.717) is 30.8 Å². The van der Waals surface area contributed by atoms with Crippen LogP contribution in [-0.4, -0.2) is 40.9 Å². The van der Waals surface area contributed by atoms with E-state index >= 15 is 0 Å². The van der Waals surface area contributed by atoms with E-state index in [2.05, 4.69) is 5.32 Å². The third-order valence-electron chi connectivity index (χ3n) is 4.84. The first kappa shape index (κ1) is 18.6. The van der Waals surface area contributed by atoms with Gasteiger partial charge < -0.3 is 15.3 Å². The molecule has 0 radical (unpaired) electrons. The minimum absolute atomic E-state index is 0.0721. The van der Waals surface area contributed by atoms with Crippen LogP contribution in [0.5, 0.6) is 0 Å². The molecule has 2 aromatic carbocycles. The van der Waals surface area contributed by atoms with Gasteiger partial charge in [-0.1, -0.05) is 24.3 Å². The predicted octanol–water partition coefficient (Wildman–Crippen LogP) is 3.18. The van der Waals surface area contributed by atoms with Crippen molar-refractivity contribution >= 4 is 23.5 Å². The Labute approximate surface area is 157 Å². The van der Waals surface area contributed by atoms with Gasteiger partial charge in [0.05, 0.1) is 11.5 Å². The summed E-state index contributed by atoms with van der Waals surface area (Å²) in [7, 11) is 0. The van der Waals surface area contributed by atoms with Crippen molar-refractivity contribution in [2.45, 2.75) is 19.8 Å². The SMILES string of the molecule is Cc1ccc(C(=O)O)cc1NC(=O)C1CCCN(C(=O)c2ccccc2)C1. The highest BCUT2D eigenvalue weighted by Crippen LogP contribution is 2.23. The van der Waals surface area contributed by atoms with E-state index in [9.17, 15) is 14.4 Å². The maximum atomic E-state index is 12.7. The van der Waals surface area contributed by atoms with Crippen LogP contribution in [0.2, 0.25) is 0 Å². The van der Waals surface area contributed by atoms with Crippen LogP contribution in [0.15, 0.2) is 48.5 Å². The normalized spacial score (nSPS) is 16.6. The van der Waals surface area contributed by atoms with Gasteiger partial charge in [-0.25, -0.2) is 4.79 Å². The number of nitrogens with one attached hydrogen (secondary N) is 1. The van der Waals surface area contributed by atoms with Gasteiger partial charge in [0.25, 0.3) is 5.91 Å². The molecule has 140 valence electrons. The first-order valence-corrected chi connectivity index (χ1v) is 8.95. The van der Waals surface area contributed by atoms with E-state index in [4.69, 9.17) is 5.11 Å². The van der Waals surface area contributed by atoms with Crippen LogP contribution in [0.1, 0.15) is 39.1 Å². The topological polar surface area (TPSA) is 86.7 Å². The molecule has 0 aliphatic carbocycles. The summed E-state index contributed by atoms with van der Waals surface area (Å²) < 4.78 is 0. The van der Waals surface area contributed by atoms with Crippen molar-refractivity contribution in [3.8, 4) is 0 Å². The number of amides is 2. The molecule has 3 rings (SSSR count). The number of aryl methyl sites for hydroxylation is 1. The number of piperidine rings is 1. The zero-order valence-electron chi connectivity index (χ0n) is 15.1. The molecular formula is C21H22N2O4. The number of carbonyl (C=O) groups is 3. The predicted molar refractivity (Wildman–Crippen MR) is 102 cm³/mol. The van der Waals surface area contributed by atoms with Crippen LogP contribution in [-0.2, 0) is 4.79 Å². The second kappa shape index (κ2) is 8.03. The van der Waals surface area contributed by atoms with E-state index in [1.165, 1.54) is 12.1 Å². The van der Waals surface area contributed by atoms with Crippen molar-refractivity contribution in [3.63, 3.8) is 0 Å². The fourth-order valence-electron chi connectivity index (χ4n) is 3.26. The van der Waals surface area contributed by atoms with Gasteiger partial charge in [0, 0.05) is 24.3 Å². The number of hydrogen-bond donors (Lipinski definition) is 2. The van der Waals surface area contributed by atoms with Crippen molar-refractivity contribution in [1.82, 2.24) is 4.90 Å². The van der Waals surface area contributed by atoms with Gasteiger partial charge in [-0.3, -0.25) is 9.59 Å². The highest BCUT2D eigenvalue weighted by molar-refractivity contribution is 5.97. The lowest BCUT2D eigenvalue weighted by atomic mass is 9.96. The Morgan fingerprint density at radius 3 is 2.52 bits per heavy atom. The van der Waals surface area contributed by atoms with Gasteiger partial charge in [-0.2, -0.15) is 0 Å². The van der Waals surface area contributed by atoms with Crippen molar-refractivity contribution in [2.24, 2.45) is 5.92 Å². The number of carboxylic acid groups (broad SMARTS) is 1. The highest BCUT2D eigenvalue weighted by Gasteiger charge is 2.29. The Bertz CT molecular complexity index is 864. The fraction of sp³-hybridized carbons (Fsp3) is 0.286. The molecule has 2 aromatic rings. The number of benzene rings is 2. The molecule has 1 saturated heterocycles. The van der Waals surface area contributed by atoms with E-state index in [-0.39, 0.29) is 23.3 Å². The number of carbonyl (C=O) groups excluding carboxylic acids is 2. The summed E-state index contributed by atoms with van der Waals surface area (Å²) in [5.41, 5.74) is 2.02. The maximum Gasteiger partial charge on any atom is 0.335 e. The largest absolute Gasteiger partial charge is 0.478 e. The van der Waals surface area contributed by atoms with Crippen molar-refractivity contribution in [3.05, 3.63) is 65.2 Å². The number of nitrogens with zero attached hydrogens (tertiary/aromatic N) is 1. The molecule has 2 N–H and O–H groups in total. The molecule has 27 heavy (non-hydrogen) atoms. The zero-order chi connectivity index (χ0) is 19.4. The summed E-state index contributed by atoms with van der Waals surface area (Å²) in [6.07, 6.45) is 1.45. The minimum atomic E-state index is -1.04. The Morgan fingerprint density at radius 1 is 1.07 bits per heavy atom. The van der Waals surface area contributed by atoms with Crippen LogP contribution in [0.4, 0.5) is 5.69 Å². The standard InChI is InChI=1S/C21H22N2O4/c1-14-9-10-16(21(26)27)12-18(14)22-19(24)17-8-5-11-23(13-17)20(25)15-6-3-2-4-7-15/h2-4,6-7,9-10,12,17H,5,8,11,13H2,1H3,(H,22,24)(H,26,27). The average molecular weight is 366 g/mol. The molecule has 1 fully saturated rings. The monoisotopic (exact) mass is 366 g/mol. The number of carboxylic acids is 1. The number of hydrogen-bond acceptors (Lipinski definition) is 3. The Morgan fingerprint density at radius 2 is 1.81 bits per heavy atom. The summed E-state index contributed by atoms with van der Waals surface area (Å²) in [6, 6.07) is 13.7. The van der Waals surface area contributed by atoms with Gasteiger partial charge in [0.1, 0.15) is 0 Å². The van der Waals surface area contributed by atoms with E-state index in [1.54, 1.807) is 23.1 Å². The average Bonchev–Trinajstić information content (AvgIpc) is 2.69.